The third-order valence-corrected chi connectivity index (χ3v) is 6.80. The van der Waals surface area contributed by atoms with Crippen LogP contribution in [0.2, 0.25) is 5.02 Å². The van der Waals surface area contributed by atoms with Gasteiger partial charge in [0, 0.05) is 55.0 Å². The minimum absolute atomic E-state index is 0.0117. The van der Waals surface area contributed by atoms with Crippen LogP contribution in [0.15, 0.2) is 91.3 Å². The summed E-state index contributed by atoms with van der Waals surface area (Å²) in [6.45, 7) is 2.23. The van der Waals surface area contributed by atoms with E-state index in [1.165, 1.54) is 12.5 Å². The van der Waals surface area contributed by atoms with E-state index < -0.39 is 0 Å². The molecule has 0 saturated heterocycles. The molecule has 2 amide bonds. The van der Waals surface area contributed by atoms with E-state index >= 15 is 0 Å². The van der Waals surface area contributed by atoms with E-state index in [0.717, 1.165) is 34.6 Å². The summed E-state index contributed by atoms with van der Waals surface area (Å²) in [5.74, 6) is -0.129. The first kappa shape index (κ1) is 24.5. The average Bonchev–Trinajstić information content (AvgIpc) is 2.89. The molecule has 0 aliphatic carbocycles. The fraction of sp³-hybridized carbons (Fsp3) is 0.167. The Morgan fingerprint density at radius 2 is 1.73 bits per heavy atom. The van der Waals surface area contributed by atoms with Crippen molar-refractivity contribution in [3.8, 4) is 0 Å². The van der Waals surface area contributed by atoms with Crippen LogP contribution >= 0.6 is 11.6 Å². The van der Waals surface area contributed by atoms with Crippen molar-refractivity contribution in [3.05, 3.63) is 119 Å². The number of anilines is 3. The highest BCUT2D eigenvalue weighted by Gasteiger charge is 2.35. The summed E-state index contributed by atoms with van der Waals surface area (Å²) in [7, 11) is 2.04. The molecule has 186 valence electrons. The van der Waals surface area contributed by atoms with Crippen LogP contribution < -0.4 is 15.1 Å². The molecule has 1 N–H and O–H groups in total. The maximum Gasteiger partial charge on any atom is 0.232 e. The molecule has 6 nitrogen and oxygen atoms in total. The van der Waals surface area contributed by atoms with Gasteiger partial charge in [-0.1, -0.05) is 29.8 Å². The number of halogens is 1. The van der Waals surface area contributed by atoms with Crippen LogP contribution in [0, 0.1) is 0 Å². The van der Waals surface area contributed by atoms with Crippen molar-refractivity contribution in [2.75, 3.05) is 22.2 Å². The zero-order valence-electron chi connectivity index (χ0n) is 20.7. The van der Waals surface area contributed by atoms with Gasteiger partial charge in [-0.25, -0.2) is 0 Å². The fourth-order valence-corrected chi connectivity index (χ4v) is 4.94. The van der Waals surface area contributed by atoms with Gasteiger partial charge >= 0.3 is 0 Å². The van der Waals surface area contributed by atoms with Crippen LogP contribution in [-0.2, 0) is 22.6 Å². The third-order valence-electron chi connectivity index (χ3n) is 6.55. The maximum atomic E-state index is 13.5. The summed E-state index contributed by atoms with van der Waals surface area (Å²) in [4.78, 5) is 33.3. The normalized spacial score (nSPS) is 14.7. The smallest absolute Gasteiger partial charge is 0.232 e. The van der Waals surface area contributed by atoms with Crippen LogP contribution in [0.4, 0.5) is 17.1 Å². The molecule has 0 bridgehead atoms. The SMILES string of the molecule is CC(=O)Nc1ccc2c(c1)C(c1ccc(Cl)cc1)N(c1ccc(N(C)Cc3ccncc3)cc1)C(=O)C2. The van der Waals surface area contributed by atoms with Crippen LogP contribution in [0.1, 0.15) is 35.2 Å². The number of rotatable bonds is 6. The molecule has 4 aromatic rings. The zero-order valence-corrected chi connectivity index (χ0v) is 21.4. The van der Waals surface area contributed by atoms with Gasteiger partial charge in [-0.3, -0.25) is 14.6 Å². The van der Waals surface area contributed by atoms with Gasteiger partial charge in [0.05, 0.1) is 12.5 Å². The van der Waals surface area contributed by atoms with E-state index in [0.29, 0.717) is 10.7 Å². The molecule has 0 saturated carbocycles. The number of hydrogen-bond acceptors (Lipinski definition) is 4. The number of nitrogens with zero attached hydrogens (tertiary/aromatic N) is 3. The summed E-state index contributed by atoms with van der Waals surface area (Å²) in [5, 5.41) is 3.50. The van der Waals surface area contributed by atoms with E-state index in [1.54, 1.807) is 12.4 Å². The lowest BCUT2D eigenvalue weighted by Gasteiger charge is -2.38. The molecule has 1 atom stereocenters. The molecule has 1 aromatic heterocycles. The lowest BCUT2D eigenvalue weighted by Crippen LogP contribution is -2.41. The number of fused-ring (bicyclic) bond motifs is 1. The van der Waals surface area contributed by atoms with E-state index in [2.05, 4.69) is 15.2 Å². The number of benzene rings is 3. The predicted octanol–water partition coefficient (Wildman–Crippen LogP) is 6.01. The first-order valence-corrected chi connectivity index (χ1v) is 12.4. The number of nitrogens with one attached hydrogen (secondary N) is 1. The van der Waals surface area contributed by atoms with Crippen molar-refractivity contribution < 1.29 is 9.59 Å². The molecule has 0 radical (unpaired) electrons. The number of hydrogen-bond donors (Lipinski definition) is 1. The molecule has 0 fully saturated rings. The first-order valence-electron chi connectivity index (χ1n) is 12.1. The standard InChI is InChI=1S/C30H27ClN4O2/c1-20(36)33-25-8-5-23-17-29(37)35(30(28(23)18-25)22-3-6-24(31)7-4-22)27-11-9-26(10-12-27)34(2)19-21-13-15-32-16-14-21/h3-16,18,30H,17,19H2,1-2H3,(H,33,36). The van der Waals surface area contributed by atoms with Gasteiger partial charge in [-0.05, 0) is 82.9 Å². The monoisotopic (exact) mass is 510 g/mol. The molecule has 3 aromatic carbocycles. The van der Waals surface area contributed by atoms with Crippen molar-refractivity contribution >= 4 is 40.5 Å². The largest absolute Gasteiger partial charge is 0.370 e. The molecule has 1 unspecified atom stereocenters. The Morgan fingerprint density at radius 3 is 2.41 bits per heavy atom. The molecule has 2 heterocycles. The second-order valence-electron chi connectivity index (χ2n) is 9.22. The third kappa shape index (κ3) is 5.34. The van der Waals surface area contributed by atoms with Crippen LogP contribution in [0.5, 0.6) is 0 Å². The molecule has 1 aliphatic rings. The topological polar surface area (TPSA) is 65.5 Å². The van der Waals surface area contributed by atoms with Gasteiger partial charge < -0.3 is 15.1 Å². The van der Waals surface area contributed by atoms with Gasteiger partial charge in [0.25, 0.3) is 0 Å². The number of carbonyl (C=O) groups is 2. The molecule has 1 aliphatic heterocycles. The maximum absolute atomic E-state index is 13.5. The summed E-state index contributed by atoms with van der Waals surface area (Å²) in [6.07, 6.45) is 3.87. The Labute approximate surface area is 221 Å². The second-order valence-corrected chi connectivity index (χ2v) is 9.65. The minimum atomic E-state index is -0.359. The summed E-state index contributed by atoms with van der Waals surface area (Å²) >= 11 is 6.18. The van der Waals surface area contributed by atoms with Crippen molar-refractivity contribution in [2.24, 2.45) is 0 Å². The van der Waals surface area contributed by atoms with E-state index in [4.69, 9.17) is 11.6 Å². The van der Waals surface area contributed by atoms with Crippen molar-refractivity contribution in [1.82, 2.24) is 4.98 Å². The summed E-state index contributed by atoms with van der Waals surface area (Å²) < 4.78 is 0. The van der Waals surface area contributed by atoms with Crippen LogP contribution in [0.25, 0.3) is 0 Å². The van der Waals surface area contributed by atoms with Gasteiger partial charge in [0.2, 0.25) is 11.8 Å². The Kier molecular flexibility index (Phi) is 6.93. The quantitative estimate of drug-likeness (QED) is 0.345. The molecule has 7 heteroatoms. The Balaban J connectivity index is 1.52. The second kappa shape index (κ2) is 10.4. The first-order chi connectivity index (χ1) is 17.9. The van der Waals surface area contributed by atoms with Gasteiger partial charge in [0.1, 0.15) is 0 Å². The van der Waals surface area contributed by atoms with E-state index in [-0.39, 0.29) is 24.3 Å². The minimum Gasteiger partial charge on any atom is -0.370 e. The fourth-order valence-electron chi connectivity index (χ4n) is 4.81. The summed E-state index contributed by atoms with van der Waals surface area (Å²) in [5.41, 5.74) is 6.59. The number of aromatic nitrogens is 1. The number of amides is 2. The molecule has 37 heavy (non-hydrogen) atoms. The Hall–Kier alpha value is -4.16. The summed E-state index contributed by atoms with van der Waals surface area (Å²) in [6, 6.07) is 25.0. The highest BCUT2D eigenvalue weighted by atomic mass is 35.5. The Bertz CT molecular complexity index is 1420. The molecular weight excluding hydrogens is 484 g/mol. The zero-order chi connectivity index (χ0) is 25.9. The van der Waals surface area contributed by atoms with Crippen molar-refractivity contribution in [2.45, 2.75) is 25.9 Å². The predicted molar refractivity (Wildman–Crippen MR) is 148 cm³/mol. The highest BCUT2D eigenvalue weighted by molar-refractivity contribution is 6.30. The average molecular weight is 511 g/mol. The van der Waals surface area contributed by atoms with Crippen LogP contribution in [-0.4, -0.2) is 23.8 Å². The van der Waals surface area contributed by atoms with E-state index in [1.807, 2.05) is 90.8 Å². The van der Waals surface area contributed by atoms with Crippen molar-refractivity contribution in [3.63, 3.8) is 0 Å². The van der Waals surface area contributed by atoms with Gasteiger partial charge in [0.15, 0.2) is 0 Å². The lowest BCUT2D eigenvalue weighted by molar-refractivity contribution is -0.118. The lowest BCUT2D eigenvalue weighted by atomic mass is 9.87. The molecule has 5 rings (SSSR count). The number of carbonyl (C=O) groups excluding carboxylic acids is 2. The van der Waals surface area contributed by atoms with Gasteiger partial charge in [-0.2, -0.15) is 0 Å². The molecule has 0 spiro atoms. The highest BCUT2D eigenvalue weighted by Crippen LogP contribution is 2.40. The van der Waals surface area contributed by atoms with Crippen molar-refractivity contribution in [1.29, 1.82) is 0 Å². The number of pyridine rings is 1. The molecular formula is C30H27ClN4O2. The van der Waals surface area contributed by atoms with Crippen LogP contribution in [0.3, 0.4) is 0 Å². The van der Waals surface area contributed by atoms with E-state index in [9.17, 15) is 9.59 Å². The Morgan fingerprint density at radius 1 is 1.03 bits per heavy atom. The van der Waals surface area contributed by atoms with Gasteiger partial charge in [-0.15, -0.1) is 0 Å².